The zero-order valence-electron chi connectivity index (χ0n) is 10.4. The SMILES string of the molecule is NC1CCCC(c2nc(C3CSCCS3)no2)C1. The van der Waals surface area contributed by atoms with Crippen LogP contribution in [0.15, 0.2) is 4.52 Å². The molecule has 1 aliphatic carbocycles. The van der Waals surface area contributed by atoms with Gasteiger partial charge in [-0.05, 0) is 19.3 Å². The first-order valence-corrected chi connectivity index (χ1v) is 8.81. The molecule has 100 valence electrons. The minimum atomic E-state index is 0.304. The van der Waals surface area contributed by atoms with Gasteiger partial charge in [-0.25, -0.2) is 0 Å². The molecule has 0 amide bonds. The van der Waals surface area contributed by atoms with Gasteiger partial charge in [0.25, 0.3) is 0 Å². The van der Waals surface area contributed by atoms with Gasteiger partial charge in [0.1, 0.15) is 0 Å². The van der Waals surface area contributed by atoms with E-state index in [-0.39, 0.29) is 0 Å². The Bertz CT molecular complexity index is 392. The first-order chi connectivity index (χ1) is 8.83. The lowest BCUT2D eigenvalue weighted by molar-refractivity contribution is 0.297. The fourth-order valence-corrected chi connectivity index (χ4v) is 5.22. The lowest BCUT2D eigenvalue weighted by Gasteiger charge is -2.23. The molecule has 2 N–H and O–H groups in total. The van der Waals surface area contributed by atoms with Gasteiger partial charge in [-0.3, -0.25) is 0 Å². The summed E-state index contributed by atoms with van der Waals surface area (Å²) in [6, 6.07) is 0.304. The van der Waals surface area contributed by atoms with E-state index in [2.05, 4.69) is 10.1 Å². The van der Waals surface area contributed by atoms with Crippen molar-refractivity contribution in [3.8, 4) is 0 Å². The van der Waals surface area contributed by atoms with E-state index in [0.717, 1.165) is 36.7 Å². The molecule has 0 spiro atoms. The fraction of sp³-hybridized carbons (Fsp3) is 0.833. The minimum Gasteiger partial charge on any atom is -0.339 e. The molecule has 4 nitrogen and oxygen atoms in total. The number of nitrogens with zero attached hydrogens (tertiary/aromatic N) is 2. The van der Waals surface area contributed by atoms with Gasteiger partial charge in [-0.1, -0.05) is 11.6 Å². The predicted molar refractivity (Wildman–Crippen MR) is 76.0 cm³/mol. The van der Waals surface area contributed by atoms with Crippen molar-refractivity contribution in [1.82, 2.24) is 10.1 Å². The number of hydrogen-bond acceptors (Lipinski definition) is 6. The lowest BCUT2D eigenvalue weighted by atomic mass is 9.86. The van der Waals surface area contributed by atoms with Gasteiger partial charge < -0.3 is 10.3 Å². The summed E-state index contributed by atoms with van der Waals surface area (Å²) in [5, 5.41) is 4.59. The number of thioether (sulfide) groups is 2. The van der Waals surface area contributed by atoms with Gasteiger partial charge in [0.2, 0.25) is 5.89 Å². The van der Waals surface area contributed by atoms with Crippen molar-refractivity contribution >= 4 is 23.5 Å². The third-order valence-electron chi connectivity index (χ3n) is 3.63. The van der Waals surface area contributed by atoms with E-state index in [1.807, 2.05) is 23.5 Å². The highest BCUT2D eigenvalue weighted by Crippen LogP contribution is 2.37. The summed E-state index contributed by atoms with van der Waals surface area (Å²) in [7, 11) is 0. The summed E-state index contributed by atoms with van der Waals surface area (Å²) in [5.41, 5.74) is 6.01. The summed E-state index contributed by atoms with van der Waals surface area (Å²) >= 11 is 3.93. The van der Waals surface area contributed by atoms with Crippen molar-refractivity contribution in [2.24, 2.45) is 5.73 Å². The third-order valence-corrected chi connectivity index (χ3v) is 6.38. The summed E-state index contributed by atoms with van der Waals surface area (Å²) in [5.74, 6) is 5.62. The summed E-state index contributed by atoms with van der Waals surface area (Å²) < 4.78 is 5.47. The maximum Gasteiger partial charge on any atom is 0.229 e. The Morgan fingerprint density at radius 2 is 2.22 bits per heavy atom. The van der Waals surface area contributed by atoms with E-state index in [4.69, 9.17) is 10.3 Å². The van der Waals surface area contributed by atoms with E-state index < -0.39 is 0 Å². The number of rotatable bonds is 2. The van der Waals surface area contributed by atoms with Gasteiger partial charge >= 0.3 is 0 Å². The van der Waals surface area contributed by atoms with E-state index in [1.165, 1.54) is 17.9 Å². The molecule has 2 heterocycles. The van der Waals surface area contributed by atoms with E-state index in [9.17, 15) is 0 Å². The molecule has 1 aromatic rings. The van der Waals surface area contributed by atoms with Crippen LogP contribution < -0.4 is 5.73 Å². The van der Waals surface area contributed by atoms with Crippen molar-refractivity contribution in [2.75, 3.05) is 17.3 Å². The van der Waals surface area contributed by atoms with Crippen LogP contribution in [0.1, 0.15) is 48.6 Å². The molecule has 0 radical (unpaired) electrons. The highest BCUT2D eigenvalue weighted by atomic mass is 32.2. The molecular formula is C12H19N3OS2. The minimum absolute atomic E-state index is 0.304. The van der Waals surface area contributed by atoms with Crippen molar-refractivity contribution in [3.63, 3.8) is 0 Å². The van der Waals surface area contributed by atoms with Gasteiger partial charge in [0.05, 0.1) is 5.25 Å². The second kappa shape index (κ2) is 5.84. The molecule has 6 heteroatoms. The van der Waals surface area contributed by atoms with Crippen LogP contribution in [0.2, 0.25) is 0 Å². The van der Waals surface area contributed by atoms with Crippen molar-refractivity contribution in [3.05, 3.63) is 11.7 Å². The Balaban J connectivity index is 1.68. The Labute approximate surface area is 116 Å². The Hall–Kier alpha value is -0.200. The van der Waals surface area contributed by atoms with Crippen LogP contribution in [-0.2, 0) is 0 Å². The first kappa shape index (κ1) is 12.8. The molecule has 2 fully saturated rings. The third kappa shape index (κ3) is 2.86. The maximum atomic E-state index is 6.01. The zero-order valence-corrected chi connectivity index (χ0v) is 12.0. The zero-order chi connectivity index (χ0) is 12.4. The van der Waals surface area contributed by atoms with E-state index in [1.54, 1.807) is 0 Å². The van der Waals surface area contributed by atoms with Crippen LogP contribution in [0, 0.1) is 0 Å². The Kier molecular flexibility index (Phi) is 4.16. The van der Waals surface area contributed by atoms with Crippen LogP contribution in [0.5, 0.6) is 0 Å². The highest BCUT2D eigenvalue weighted by Gasteiger charge is 2.28. The second-order valence-electron chi connectivity index (χ2n) is 5.05. The van der Waals surface area contributed by atoms with Crippen LogP contribution >= 0.6 is 23.5 Å². The topological polar surface area (TPSA) is 64.9 Å². The fourth-order valence-electron chi connectivity index (χ4n) is 2.63. The average molecular weight is 285 g/mol. The maximum absolute atomic E-state index is 6.01. The molecule has 0 bridgehead atoms. The van der Waals surface area contributed by atoms with Crippen LogP contribution in [0.3, 0.4) is 0 Å². The van der Waals surface area contributed by atoms with Crippen LogP contribution in [0.4, 0.5) is 0 Å². The Morgan fingerprint density at radius 3 is 3.00 bits per heavy atom. The second-order valence-corrected chi connectivity index (χ2v) is 7.51. The van der Waals surface area contributed by atoms with E-state index in [0.29, 0.717) is 17.2 Å². The van der Waals surface area contributed by atoms with Gasteiger partial charge in [-0.2, -0.15) is 16.7 Å². The summed E-state index contributed by atoms with van der Waals surface area (Å²) in [6.45, 7) is 0. The molecule has 1 aromatic heterocycles. The lowest BCUT2D eigenvalue weighted by Crippen LogP contribution is -2.27. The van der Waals surface area contributed by atoms with Gasteiger partial charge in [0, 0.05) is 29.2 Å². The molecule has 18 heavy (non-hydrogen) atoms. The number of aromatic nitrogens is 2. The van der Waals surface area contributed by atoms with Crippen molar-refractivity contribution in [2.45, 2.75) is 42.9 Å². The summed E-state index contributed by atoms with van der Waals surface area (Å²) in [6.07, 6.45) is 4.44. The molecule has 3 atom stereocenters. The molecule has 3 rings (SSSR count). The molecule has 3 unspecified atom stereocenters. The predicted octanol–water partition coefficient (Wildman–Crippen LogP) is 2.58. The monoisotopic (exact) mass is 285 g/mol. The smallest absolute Gasteiger partial charge is 0.229 e. The molecule has 1 saturated carbocycles. The normalized spacial score (nSPS) is 33.5. The molecule has 0 aromatic carbocycles. The molecule has 1 saturated heterocycles. The quantitative estimate of drug-likeness (QED) is 0.901. The van der Waals surface area contributed by atoms with Gasteiger partial charge in [-0.15, -0.1) is 11.8 Å². The number of nitrogens with two attached hydrogens (primary N) is 1. The van der Waals surface area contributed by atoms with Crippen LogP contribution in [0.25, 0.3) is 0 Å². The van der Waals surface area contributed by atoms with Crippen molar-refractivity contribution < 1.29 is 4.52 Å². The van der Waals surface area contributed by atoms with Gasteiger partial charge in [0.15, 0.2) is 5.82 Å². The summed E-state index contributed by atoms with van der Waals surface area (Å²) in [4.78, 5) is 4.62. The molecular weight excluding hydrogens is 266 g/mol. The molecule has 1 aliphatic heterocycles. The standard InChI is InChI=1S/C12H19N3OS2/c13-9-3-1-2-8(6-9)12-14-11(15-16-12)10-7-17-4-5-18-10/h8-10H,1-7,13H2. The molecule has 2 aliphatic rings. The van der Waals surface area contributed by atoms with E-state index >= 15 is 0 Å². The first-order valence-electron chi connectivity index (χ1n) is 6.61. The highest BCUT2D eigenvalue weighted by molar-refractivity contribution is 8.06. The average Bonchev–Trinajstić information content (AvgIpc) is 2.89. The number of hydrogen-bond donors (Lipinski definition) is 1. The Morgan fingerprint density at radius 1 is 1.28 bits per heavy atom. The van der Waals surface area contributed by atoms with Crippen LogP contribution in [-0.4, -0.2) is 33.4 Å². The van der Waals surface area contributed by atoms with Crippen molar-refractivity contribution in [1.29, 1.82) is 0 Å². The largest absolute Gasteiger partial charge is 0.339 e.